The fourth-order valence-electron chi connectivity index (χ4n) is 5.41. The van der Waals surface area contributed by atoms with Crippen LogP contribution in [0.2, 0.25) is 0 Å². The zero-order valence-electron chi connectivity index (χ0n) is 20.6. The van der Waals surface area contributed by atoms with E-state index >= 15 is 0 Å². The molecule has 14 heteroatoms. The number of hydrogen-bond donors (Lipinski definition) is 0. The Kier molecular flexibility index (Phi) is 7.01. The second kappa shape index (κ2) is 10.2. The number of anilines is 1. The lowest BCUT2D eigenvalue weighted by atomic mass is 9.71. The Morgan fingerprint density at radius 3 is 2.13 bits per heavy atom. The summed E-state index contributed by atoms with van der Waals surface area (Å²) < 4.78 is 39.6. The molecule has 2 fully saturated rings. The van der Waals surface area contributed by atoms with E-state index in [1.54, 1.807) is 12.1 Å². The molecule has 0 atom stereocenters. The SMILES string of the molecule is O=c1nc(N2CCC3(CCN(Cc4ccc([N+](=O)[O-])cc4)CC3)CC2)sc2c([N+](=O)[O-])cc(C(F)(F)F)cc12. The van der Waals surface area contributed by atoms with Crippen molar-refractivity contribution in [2.45, 2.75) is 38.4 Å². The molecule has 2 aliphatic rings. The largest absolute Gasteiger partial charge is 0.416 e. The lowest BCUT2D eigenvalue weighted by Crippen LogP contribution is -2.46. The number of non-ortho nitro benzene ring substituents is 2. The zero-order chi connectivity index (χ0) is 27.9. The zero-order valence-corrected chi connectivity index (χ0v) is 21.5. The Bertz CT molecular complexity index is 1480. The smallest absolute Gasteiger partial charge is 0.348 e. The Hall–Kier alpha value is -3.65. The molecule has 0 N–H and O–H groups in total. The first kappa shape index (κ1) is 26.9. The third-order valence-electron chi connectivity index (χ3n) is 7.78. The summed E-state index contributed by atoms with van der Waals surface area (Å²) in [7, 11) is 0. The molecule has 0 unspecified atom stereocenters. The average Bonchev–Trinajstić information content (AvgIpc) is 2.89. The lowest BCUT2D eigenvalue weighted by Gasteiger charge is -2.47. The number of rotatable bonds is 5. The molecule has 2 saturated heterocycles. The Balaban J connectivity index is 1.26. The normalized spacial score (nSPS) is 18.0. The Morgan fingerprint density at radius 1 is 0.949 bits per heavy atom. The second-order valence-electron chi connectivity index (χ2n) is 10.1. The number of alkyl halides is 3. The van der Waals surface area contributed by atoms with E-state index in [2.05, 4.69) is 9.88 Å². The fraction of sp³-hybridized carbons (Fsp3) is 0.440. The maximum atomic E-state index is 13.2. The highest BCUT2D eigenvalue weighted by molar-refractivity contribution is 7.22. The molecule has 206 valence electrons. The van der Waals surface area contributed by atoms with Crippen molar-refractivity contribution in [1.82, 2.24) is 9.88 Å². The summed E-state index contributed by atoms with van der Waals surface area (Å²) in [6.07, 6.45) is -1.20. The number of nitro groups is 2. The van der Waals surface area contributed by atoms with Crippen molar-refractivity contribution in [3.05, 3.63) is 78.1 Å². The maximum absolute atomic E-state index is 13.2. The van der Waals surface area contributed by atoms with Crippen molar-refractivity contribution in [3.8, 4) is 0 Å². The minimum absolute atomic E-state index is 0.0645. The number of fused-ring (bicyclic) bond motifs is 1. The van der Waals surface area contributed by atoms with Gasteiger partial charge >= 0.3 is 6.18 Å². The molecule has 0 aliphatic carbocycles. The van der Waals surface area contributed by atoms with Crippen molar-refractivity contribution < 1.29 is 23.0 Å². The number of aromatic nitrogens is 1. The van der Waals surface area contributed by atoms with Crippen molar-refractivity contribution in [2.24, 2.45) is 5.41 Å². The minimum Gasteiger partial charge on any atom is -0.348 e. The van der Waals surface area contributed by atoms with Crippen molar-refractivity contribution in [2.75, 3.05) is 31.1 Å². The fourth-order valence-corrected chi connectivity index (χ4v) is 6.53. The minimum atomic E-state index is -4.83. The molecule has 2 aromatic carbocycles. The first-order valence-corrected chi connectivity index (χ1v) is 13.2. The third-order valence-corrected chi connectivity index (χ3v) is 8.94. The number of nitrogens with zero attached hydrogens (tertiary/aromatic N) is 5. The highest BCUT2D eigenvalue weighted by atomic mass is 32.1. The summed E-state index contributed by atoms with van der Waals surface area (Å²) in [5, 5.41) is 22.3. The van der Waals surface area contributed by atoms with E-state index in [1.807, 2.05) is 4.90 Å². The number of hydrogen-bond acceptors (Lipinski definition) is 9. The first-order chi connectivity index (χ1) is 18.4. The number of nitro benzene ring substituents is 2. The molecule has 2 aliphatic heterocycles. The van der Waals surface area contributed by atoms with Crippen LogP contribution in [0.4, 0.5) is 29.7 Å². The van der Waals surface area contributed by atoms with Gasteiger partial charge in [0.15, 0.2) is 5.13 Å². The number of halogens is 3. The van der Waals surface area contributed by atoms with Crippen LogP contribution in [0.5, 0.6) is 0 Å². The first-order valence-electron chi connectivity index (χ1n) is 12.4. The van der Waals surface area contributed by atoms with E-state index in [4.69, 9.17) is 0 Å². The number of benzene rings is 2. The molecular formula is C25H24F3N5O5S. The average molecular weight is 564 g/mol. The van der Waals surface area contributed by atoms with Gasteiger partial charge in [0.2, 0.25) is 0 Å². The van der Waals surface area contributed by atoms with Gasteiger partial charge in [-0.1, -0.05) is 23.5 Å². The molecule has 0 saturated carbocycles. The van der Waals surface area contributed by atoms with Crippen LogP contribution in [-0.4, -0.2) is 45.9 Å². The lowest BCUT2D eigenvalue weighted by molar-refractivity contribution is -0.384. The summed E-state index contributed by atoms with van der Waals surface area (Å²) in [4.78, 5) is 42.0. The van der Waals surface area contributed by atoms with Crippen LogP contribution in [0.1, 0.15) is 36.8 Å². The van der Waals surface area contributed by atoms with Gasteiger partial charge in [-0.3, -0.25) is 29.9 Å². The number of likely N-dealkylation sites (tertiary alicyclic amines) is 1. The van der Waals surface area contributed by atoms with E-state index in [1.165, 1.54) is 12.1 Å². The standard InChI is InChI=1S/C25H24F3N5O5S/c26-25(27,28)17-13-19-21(20(14-17)33(37)38)39-23(29-22(19)34)31-11-7-24(8-12-31)5-9-30(10-6-24)15-16-1-3-18(4-2-16)32(35)36/h1-4,13-14H,5-12,15H2. The highest BCUT2D eigenvalue weighted by Gasteiger charge is 2.39. The highest BCUT2D eigenvalue weighted by Crippen LogP contribution is 2.44. The van der Waals surface area contributed by atoms with Gasteiger partial charge < -0.3 is 4.90 Å². The van der Waals surface area contributed by atoms with E-state index < -0.39 is 38.2 Å². The van der Waals surface area contributed by atoms with Crippen molar-refractivity contribution in [3.63, 3.8) is 0 Å². The number of piperidine rings is 2. The maximum Gasteiger partial charge on any atom is 0.416 e. The van der Waals surface area contributed by atoms with Crippen LogP contribution >= 0.6 is 11.3 Å². The molecule has 10 nitrogen and oxygen atoms in total. The van der Waals surface area contributed by atoms with Crippen LogP contribution in [0.3, 0.4) is 0 Å². The summed E-state index contributed by atoms with van der Waals surface area (Å²) in [5.74, 6) is 0. The van der Waals surface area contributed by atoms with E-state index in [0.717, 1.165) is 55.7 Å². The van der Waals surface area contributed by atoms with Gasteiger partial charge in [-0.15, -0.1) is 0 Å². The summed E-state index contributed by atoms with van der Waals surface area (Å²) >= 11 is 0.877. The van der Waals surface area contributed by atoms with Crippen molar-refractivity contribution >= 4 is 37.9 Å². The summed E-state index contributed by atoms with van der Waals surface area (Å²) in [6.45, 7) is 3.65. The molecule has 5 rings (SSSR count). The summed E-state index contributed by atoms with van der Waals surface area (Å²) in [6, 6.07) is 7.67. The molecule has 3 aromatic rings. The third kappa shape index (κ3) is 5.57. The molecular weight excluding hydrogens is 539 g/mol. The predicted octanol–water partition coefficient (Wildman–Crippen LogP) is 5.37. The Labute approximate surface area is 224 Å². The van der Waals surface area contributed by atoms with Gasteiger partial charge in [0.05, 0.1) is 20.8 Å². The van der Waals surface area contributed by atoms with Gasteiger partial charge in [0, 0.05) is 37.8 Å². The van der Waals surface area contributed by atoms with Crippen LogP contribution in [-0.2, 0) is 12.7 Å². The molecule has 0 bridgehead atoms. The van der Waals surface area contributed by atoms with Crippen LogP contribution in [0.15, 0.2) is 41.2 Å². The van der Waals surface area contributed by atoms with E-state index in [9.17, 15) is 38.2 Å². The quantitative estimate of drug-likeness (QED) is 0.300. The van der Waals surface area contributed by atoms with Crippen LogP contribution in [0.25, 0.3) is 10.1 Å². The second-order valence-corrected chi connectivity index (χ2v) is 11.1. The molecule has 0 amide bonds. The van der Waals surface area contributed by atoms with Gasteiger partial charge in [-0.25, -0.2) is 0 Å². The molecule has 1 spiro atoms. The van der Waals surface area contributed by atoms with Crippen LogP contribution < -0.4 is 10.5 Å². The molecule has 0 radical (unpaired) electrons. The van der Waals surface area contributed by atoms with Gasteiger partial charge in [0.1, 0.15) is 4.70 Å². The summed E-state index contributed by atoms with van der Waals surface area (Å²) in [5.41, 5.74) is -1.71. The van der Waals surface area contributed by atoms with Gasteiger partial charge in [-0.05, 0) is 55.8 Å². The van der Waals surface area contributed by atoms with E-state index in [0.29, 0.717) is 31.8 Å². The van der Waals surface area contributed by atoms with Crippen LogP contribution in [0, 0.1) is 25.6 Å². The Morgan fingerprint density at radius 2 is 1.56 bits per heavy atom. The van der Waals surface area contributed by atoms with Gasteiger partial charge in [-0.2, -0.15) is 18.2 Å². The molecule has 3 heterocycles. The monoisotopic (exact) mass is 563 g/mol. The van der Waals surface area contributed by atoms with Crippen molar-refractivity contribution in [1.29, 1.82) is 0 Å². The molecule has 1 aromatic heterocycles. The molecule has 39 heavy (non-hydrogen) atoms. The van der Waals surface area contributed by atoms with Gasteiger partial charge in [0.25, 0.3) is 16.9 Å². The van der Waals surface area contributed by atoms with E-state index in [-0.39, 0.29) is 20.9 Å². The predicted molar refractivity (Wildman–Crippen MR) is 139 cm³/mol. The topological polar surface area (TPSA) is 123 Å².